The van der Waals surface area contributed by atoms with Crippen LogP contribution in [0.3, 0.4) is 0 Å². The molecule has 0 spiro atoms. The van der Waals surface area contributed by atoms with Crippen molar-refractivity contribution >= 4 is 34.0 Å². The van der Waals surface area contributed by atoms with E-state index in [0.717, 1.165) is 42.8 Å². The molecule has 0 aliphatic heterocycles. The van der Waals surface area contributed by atoms with E-state index in [1.54, 1.807) is 11.3 Å². The molecule has 190 valence electrons. The highest BCUT2D eigenvalue weighted by Crippen LogP contribution is 2.37. The van der Waals surface area contributed by atoms with E-state index in [1.165, 1.54) is 22.2 Å². The quantitative estimate of drug-likeness (QED) is 0.349. The zero-order valence-electron chi connectivity index (χ0n) is 21.6. The molecule has 1 aliphatic carbocycles. The van der Waals surface area contributed by atoms with Gasteiger partial charge >= 0.3 is 0 Å². The number of amides is 1. The van der Waals surface area contributed by atoms with Crippen molar-refractivity contribution in [3.8, 4) is 11.8 Å². The maximum atomic E-state index is 12.7. The van der Waals surface area contributed by atoms with E-state index in [2.05, 4.69) is 54.5 Å². The molecule has 1 unspecified atom stereocenters. The summed E-state index contributed by atoms with van der Waals surface area (Å²) in [5, 5.41) is 22.6. The second kappa shape index (κ2) is 11.1. The van der Waals surface area contributed by atoms with Crippen molar-refractivity contribution in [3.05, 3.63) is 51.7 Å². The van der Waals surface area contributed by atoms with Crippen LogP contribution < -0.4 is 10.1 Å². The summed E-state index contributed by atoms with van der Waals surface area (Å²) in [5.41, 5.74) is 3.09. The van der Waals surface area contributed by atoms with Crippen molar-refractivity contribution < 1.29 is 9.53 Å². The Kier molecular flexibility index (Phi) is 8.06. The Labute approximate surface area is 221 Å². The Morgan fingerprint density at radius 1 is 1.25 bits per heavy atom. The first kappa shape index (κ1) is 26.2. The topological polar surface area (TPSA) is 92.8 Å². The summed E-state index contributed by atoms with van der Waals surface area (Å²) in [6, 6.07) is 10.5. The second-order valence-corrected chi connectivity index (χ2v) is 12.0. The number of ether oxygens (including phenoxy) is 1. The van der Waals surface area contributed by atoms with Crippen molar-refractivity contribution in [2.45, 2.75) is 83.5 Å². The van der Waals surface area contributed by atoms with E-state index < -0.39 is 0 Å². The average molecular weight is 524 g/mol. The molecule has 3 aromatic rings. The molecule has 1 N–H and O–H groups in total. The summed E-state index contributed by atoms with van der Waals surface area (Å²) >= 11 is 2.88. The molecule has 0 saturated carbocycles. The fraction of sp³-hybridized carbons (Fsp3) is 0.481. The van der Waals surface area contributed by atoms with Gasteiger partial charge in [-0.25, -0.2) is 0 Å². The van der Waals surface area contributed by atoms with Gasteiger partial charge in [-0.05, 0) is 68.2 Å². The molecule has 1 atom stereocenters. The summed E-state index contributed by atoms with van der Waals surface area (Å²) in [6.45, 7) is 11.2. The molecule has 1 amide bonds. The molecule has 0 bridgehead atoms. The van der Waals surface area contributed by atoms with E-state index >= 15 is 0 Å². The van der Waals surface area contributed by atoms with E-state index in [-0.39, 0.29) is 23.2 Å². The minimum Gasteiger partial charge on any atom is -0.483 e. The third-order valence-corrected chi connectivity index (χ3v) is 8.50. The van der Waals surface area contributed by atoms with Gasteiger partial charge in [0.05, 0.1) is 11.3 Å². The zero-order chi connectivity index (χ0) is 25.9. The Hall–Kier alpha value is -2.83. The molecule has 0 radical (unpaired) electrons. The minimum absolute atomic E-state index is 0.0873. The molecule has 2 aromatic heterocycles. The number of aromatic nitrogens is 3. The van der Waals surface area contributed by atoms with Crippen LogP contribution >= 0.6 is 23.1 Å². The lowest BCUT2D eigenvalue weighted by atomic mass is 9.87. The number of thiophene rings is 1. The van der Waals surface area contributed by atoms with Crippen LogP contribution in [0.4, 0.5) is 5.00 Å². The molecule has 0 fully saturated rings. The van der Waals surface area contributed by atoms with E-state index in [4.69, 9.17) is 4.74 Å². The number of nitrogens with one attached hydrogen (secondary N) is 1. The predicted octanol–water partition coefficient (Wildman–Crippen LogP) is 6.28. The molecule has 4 rings (SSSR count). The molecule has 36 heavy (non-hydrogen) atoms. The first-order valence-corrected chi connectivity index (χ1v) is 14.2. The monoisotopic (exact) mass is 523 g/mol. The lowest BCUT2D eigenvalue weighted by molar-refractivity contribution is -0.113. The van der Waals surface area contributed by atoms with Crippen LogP contribution in [-0.2, 0) is 29.6 Å². The van der Waals surface area contributed by atoms with E-state index in [0.29, 0.717) is 22.3 Å². The molecule has 9 heteroatoms. The van der Waals surface area contributed by atoms with Crippen molar-refractivity contribution in [3.63, 3.8) is 0 Å². The summed E-state index contributed by atoms with van der Waals surface area (Å²) in [4.78, 5) is 14.0. The molecule has 7 nitrogen and oxygen atoms in total. The highest BCUT2D eigenvalue weighted by Gasteiger charge is 2.23. The Bertz CT molecular complexity index is 1270. The largest absolute Gasteiger partial charge is 0.483 e. The third-order valence-electron chi connectivity index (χ3n) is 6.33. The first-order valence-electron chi connectivity index (χ1n) is 12.4. The number of carbonyl (C=O) groups is 1. The normalized spacial score (nSPS) is 14.1. The van der Waals surface area contributed by atoms with Crippen LogP contribution in [0.25, 0.3) is 0 Å². The summed E-state index contributed by atoms with van der Waals surface area (Å²) < 4.78 is 8.14. The van der Waals surface area contributed by atoms with Crippen LogP contribution in [0, 0.1) is 11.3 Å². The van der Waals surface area contributed by atoms with Gasteiger partial charge in [0.15, 0.2) is 17.1 Å². The van der Waals surface area contributed by atoms with Crippen molar-refractivity contribution in [2.75, 3.05) is 11.1 Å². The molecular weight excluding hydrogens is 490 g/mol. The Morgan fingerprint density at radius 2 is 1.97 bits per heavy atom. The maximum absolute atomic E-state index is 12.7. The summed E-state index contributed by atoms with van der Waals surface area (Å²) in [5.74, 6) is 1.54. The standard InChI is InChI=1S/C27H33N5O2S2/c1-6-32-24(17(2)34-19-13-11-18(12-14-19)27(3,4)5)30-31-26(32)35-16-23(33)29-25-21(15-28)20-9-7-8-10-22(20)36-25/h11-14,17H,6-10,16H2,1-5H3,(H,29,33). The van der Waals surface area contributed by atoms with Crippen molar-refractivity contribution in [1.82, 2.24) is 14.8 Å². The maximum Gasteiger partial charge on any atom is 0.235 e. The average Bonchev–Trinajstić information content (AvgIpc) is 3.42. The number of nitriles is 1. The Balaban J connectivity index is 1.39. The first-order chi connectivity index (χ1) is 17.2. The van der Waals surface area contributed by atoms with Gasteiger partial charge in [-0.2, -0.15) is 5.26 Å². The lowest BCUT2D eigenvalue weighted by Gasteiger charge is -2.20. The molecule has 1 aromatic carbocycles. The number of aryl methyl sites for hydroxylation is 1. The van der Waals surface area contributed by atoms with Crippen LogP contribution in [-0.4, -0.2) is 26.4 Å². The number of nitrogens with zero attached hydrogens (tertiary/aromatic N) is 4. The van der Waals surface area contributed by atoms with Crippen molar-refractivity contribution in [1.29, 1.82) is 5.26 Å². The van der Waals surface area contributed by atoms with Crippen LogP contribution in [0.5, 0.6) is 5.75 Å². The number of carbonyl (C=O) groups excluding carboxylic acids is 1. The number of hydrogen-bond acceptors (Lipinski definition) is 7. The summed E-state index contributed by atoms with van der Waals surface area (Å²) in [6.07, 6.45) is 3.85. The van der Waals surface area contributed by atoms with Gasteiger partial charge in [-0.3, -0.25) is 4.79 Å². The van der Waals surface area contributed by atoms with Gasteiger partial charge in [0.2, 0.25) is 5.91 Å². The molecule has 2 heterocycles. The van der Waals surface area contributed by atoms with Gasteiger partial charge in [0.1, 0.15) is 16.8 Å². The fourth-order valence-corrected chi connectivity index (χ4v) is 6.43. The van der Waals surface area contributed by atoms with Crippen molar-refractivity contribution in [2.24, 2.45) is 0 Å². The van der Waals surface area contributed by atoms with Gasteiger partial charge in [-0.15, -0.1) is 21.5 Å². The van der Waals surface area contributed by atoms with Crippen LogP contribution in [0.15, 0.2) is 29.4 Å². The highest BCUT2D eigenvalue weighted by atomic mass is 32.2. The van der Waals surface area contributed by atoms with E-state index in [1.807, 2.05) is 30.5 Å². The molecular formula is C27H33N5O2S2. The number of benzene rings is 1. The van der Waals surface area contributed by atoms with Gasteiger partial charge in [0, 0.05) is 11.4 Å². The minimum atomic E-state index is -0.295. The van der Waals surface area contributed by atoms with Gasteiger partial charge in [0.25, 0.3) is 0 Å². The zero-order valence-corrected chi connectivity index (χ0v) is 23.2. The smallest absolute Gasteiger partial charge is 0.235 e. The van der Waals surface area contributed by atoms with Crippen LogP contribution in [0.1, 0.15) is 81.0 Å². The number of anilines is 1. The predicted molar refractivity (Wildman–Crippen MR) is 145 cm³/mol. The number of thioether (sulfide) groups is 1. The van der Waals surface area contributed by atoms with E-state index in [9.17, 15) is 10.1 Å². The summed E-state index contributed by atoms with van der Waals surface area (Å²) in [7, 11) is 0. The Morgan fingerprint density at radius 3 is 2.64 bits per heavy atom. The van der Waals surface area contributed by atoms with Crippen LogP contribution in [0.2, 0.25) is 0 Å². The molecule has 0 saturated heterocycles. The number of fused-ring (bicyclic) bond motifs is 1. The fourth-order valence-electron chi connectivity index (χ4n) is 4.36. The highest BCUT2D eigenvalue weighted by molar-refractivity contribution is 7.99. The molecule has 1 aliphatic rings. The number of rotatable bonds is 8. The second-order valence-electron chi connectivity index (χ2n) is 9.98. The SMILES string of the molecule is CCn1c(SCC(=O)Nc2sc3c(c2C#N)CCCC3)nnc1C(C)Oc1ccc(C(C)(C)C)cc1. The van der Waals surface area contributed by atoms with Gasteiger partial charge < -0.3 is 14.6 Å². The lowest BCUT2D eigenvalue weighted by Crippen LogP contribution is -2.15. The third kappa shape index (κ3) is 5.76. The number of hydrogen-bond donors (Lipinski definition) is 1. The van der Waals surface area contributed by atoms with Gasteiger partial charge in [-0.1, -0.05) is 44.7 Å².